The first kappa shape index (κ1) is 18.8. The Morgan fingerprint density at radius 3 is 2.43 bits per heavy atom. The lowest BCUT2D eigenvalue weighted by Crippen LogP contribution is -2.16. The molecule has 4 rings (SSSR count). The summed E-state index contributed by atoms with van der Waals surface area (Å²) in [5.74, 6) is -1.13. The summed E-state index contributed by atoms with van der Waals surface area (Å²) in [7, 11) is 0. The first-order chi connectivity index (χ1) is 13.4. The number of rotatable bonds is 3. The molecule has 0 bridgehead atoms. The third-order valence-electron chi connectivity index (χ3n) is 3.87. The maximum Gasteiger partial charge on any atom is 0.379 e. The molecule has 0 unspecified atom stereocenters. The van der Waals surface area contributed by atoms with E-state index in [2.05, 4.69) is 15.9 Å². The molecular weight excluding hydrogens is 471 g/mol. The maximum atomic E-state index is 13.1. The average molecular weight is 480 g/mol. The lowest BCUT2D eigenvalue weighted by Gasteiger charge is -2.11. The number of carbonyl (C=O) groups is 1. The van der Waals surface area contributed by atoms with Gasteiger partial charge in [0.2, 0.25) is 16.9 Å². The van der Waals surface area contributed by atoms with E-state index in [1.54, 1.807) is 24.3 Å². The lowest BCUT2D eigenvalue weighted by atomic mass is 10.1. The molecule has 4 aromatic rings. The molecule has 140 valence electrons. The van der Waals surface area contributed by atoms with Crippen molar-refractivity contribution in [3.63, 3.8) is 0 Å². The molecule has 0 amide bonds. The number of benzene rings is 2. The van der Waals surface area contributed by atoms with Crippen LogP contribution in [-0.2, 0) is 0 Å². The van der Waals surface area contributed by atoms with E-state index in [4.69, 9.17) is 36.8 Å². The largest absolute Gasteiger partial charge is 0.450 e. The summed E-state index contributed by atoms with van der Waals surface area (Å²) in [4.78, 5) is 25.6. The Morgan fingerprint density at radius 1 is 1.00 bits per heavy atom. The highest BCUT2D eigenvalue weighted by Crippen LogP contribution is 2.35. The van der Waals surface area contributed by atoms with E-state index in [0.717, 1.165) is 0 Å². The molecule has 0 aliphatic carbocycles. The second kappa shape index (κ2) is 7.47. The van der Waals surface area contributed by atoms with Gasteiger partial charge in [-0.1, -0.05) is 53.5 Å². The fraction of sp³-hybridized carbons (Fsp3) is 0. The zero-order chi connectivity index (χ0) is 19.8. The first-order valence-electron chi connectivity index (χ1n) is 7.93. The van der Waals surface area contributed by atoms with Crippen molar-refractivity contribution in [3.05, 3.63) is 85.3 Å². The van der Waals surface area contributed by atoms with Gasteiger partial charge in [-0.25, -0.2) is 4.79 Å². The molecular formula is C20H9BrCl2O5. The van der Waals surface area contributed by atoms with E-state index in [1.807, 2.05) is 6.07 Å². The molecule has 0 saturated carbocycles. The van der Waals surface area contributed by atoms with Gasteiger partial charge in [0.25, 0.3) is 0 Å². The summed E-state index contributed by atoms with van der Waals surface area (Å²) >= 11 is 15.3. The smallest absolute Gasteiger partial charge is 0.379 e. The third-order valence-corrected chi connectivity index (χ3v) is 4.80. The predicted octanol–water partition coefficient (Wildman–Crippen LogP) is 6.34. The van der Waals surface area contributed by atoms with Crippen molar-refractivity contribution in [2.45, 2.75) is 0 Å². The van der Waals surface area contributed by atoms with E-state index in [0.29, 0.717) is 10.2 Å². The van der Waals surface area contributed by atoms with Crippen LogP contribution >= 0.6 is 39.1 Å². The van der Waals surface area contributed by atoms with Gasteiger partial charge in [0.1, 0.15) is 0 Å². The van der Waals surface area contributed by atoms with Crippen LogP contribution in [0, 0.1) is 0 Å². The van der Waals surface area contributed by atoms with E-state index in [9.17, 15) is 9.59 Å². The van der Waals surface area contributed by atoms with Gasteiger partial charge in [0, 0.05) is 10.6 Å². The van der Waals surface area contributed by atoms with Gasteiger partial charge in [0.05, 0.1) is 10.4 Å². The number of hydrogen-bond acceptors (Lipinski definition) is 5. The van der Waals surface area contributed by atoms with Crippen molar-refractivity contribution in [1.29, 1.82) is 0 Å². The normalized spacial score (nSPS) is 11.0. The summed E-state index contributed by atoms with van der Waals surface area (Å²) in [6, 6.07) is 14.6. The lowest BCUT2D eigenvalue weighted by molar-refractivity contribution is 0.0696. The van der Waals surface area contributed by atoms with Crippen molar-refractivity contribution >= 4 is 56.1 Å². The Labute approximate surface area is 176 Å². The Hall–Kier alpha value is -2.54. The summed E-state index contributed by atoms with van der Waals surface area (Å²) in [6.45, 7) is 0. The molecule has 8 heteroatoms. The fourth-order valence-corrected chi connectivity index (χ4v) is 3.48. The maximum absolute atomic E-state index is 13.1. The van der Waals surface area contributed by atoms with E-state index < -0.39 is 11.4 Å². The first-order valence-corrected chi connectivity index (χ1v) is 9.47. The minimum Gasteiger partial charge on any atom is -0.450 e. The van der Waals surface area contributed by atoms with E-state index in [1.165, 1.54) is 24.3 Å². The van der Waals surface area contributed by atoms with Gasteiger partial charge in [-0.3, -0.25) is 4.79 Å². The van der Waals surface area contributed by atoms with Crippen LogP contribution in [0.15, 0.2) is 72.9 Å². The summed E-state index contributed by atoms with van der Waals surface area (Å²) in [5, 5.41) is 0.523. The van der Waals surface area contributed by atoms with E-state index in [-0.39, 0.29) is 38.3 Å². The number of halogens is 3. The van der Waals surface area contributed by atoms with Crippen LogP contribution in [0.5, 0.6) is 5.75 Å². The number of ether oxygens (including phenoxy) is 1. The SMILES string of the molecule is O=C(Oc1c(-c2ccccc2)oc2c(Cl)cc(Cl)cc2c1=O)c1ccc(Br)o1. The molecule has 0 aliphatic heterocycles. The monoisotopic (exact) mass is 478 g/mol. The molecule has 5 nitrogen and oxygen atoms in total. The van der Waals surface area contributed by atoms with Crippen molar-refractivity contribution in [2.24, 2.45) is 0 Å². The molecule has 0 spiro atoms. The average Bonchev–Trinajstić information content (AvgIpc) is 3.11. The zero-order valence-electron chi connectivity index (χ0n) is 13.9. The topological polar surface area (TPSA) is 69.7 Å². The number of fused-ring (bicyclic) bond motifs is 1. The van der Waals surface area contributed by atoms with E-state index >= 15 is 0 Å². The summed E-state index contributed by atoms with van der Waals surface area (Å²) in [5.41, 5.74) is 0.106. The molecule has 0 fully saturated rings. The number of hydrogen-bond donors (Lipinski definition) is 0. The molecule has 28 heavy (non-hydrogen) atoms. The highest BCUT2D eigenvalue weighted by atomic mass is 79.9. The highest BCUT2D eigenvalue weighted by molar-refractivity contribution is 9.10. The van der Waals surface area contributed by atoms with Gasteiger partial charge in [-0.2, -0.15) is 0 Å². The van der Waals surface area contributed by atoms with Gasteiger partial charge in [-0.05, 0) is 40.2 Å². The van der Waals surface area contributed by atoms with Crippen LogP contribution in [-0.4, -0.2) is 5.97 Å². The second-order valence-corrected chi connectivity index (χ2v) is 7.34. The zero-order valence-corrected chi connectivity index (χ0v) is 17.0. The molecule has 0 N–H and O–H groups in total. The van der Waals surface area contributed by atoms with Crippen molar-refractivity contribution in [1.82, 2.24) is 0 Å². The van der Waals surface area contributed by atoms with Crippen LogP contribution < -0.4 is 10.2 Å². The van der Waals surface area contributed by atoms with Gasteiger partial charge in [-0.15, -0.1) is 0 Å². The van der Waals surface area contributed by atoms with Crippen LogP contribution in [0.3, 0.4) is 0 Å². The van der Waals surface area contributed by atoms with Crippen LogP contribution in [0.25, 0.3) is 22.3 Å². The highest BCUT2D eigenvalue weighted by Gasteiger charge is 2.24. The summed E-state index contributed by atoms with van der Waals surface area (Å²) < 4.78 is 16.8. The van der Waals surface area contributed by atoms with Crippen molar-refractivity contribution in [3.8, 4) is 17.1 Å². The minimum absolute atomic E-state index is 0.0706. The molecule has 2 aromatic heterocycles. The molecule has 0 saturated heterocycles. The molecule has 0 atom stereocenters. The third kappa shape index (κ3) is 3.46. The van der Waals surface area contributed by atoms with Crippen molar-refractivity contribution in [2.75, 3.05) is 0 Å². The molecule has 0 aliphatic rings. The van der Waals surface area contributed by atoms with Crippen LogP contribution in [0.1, 0.15) is 10.6 Å². The fourth-order valence-electron chi connectivity index (χ4n) is 2.65. The van der Waals surface area contributed by atoms with Gasteiger partial charge >= 0.3 is 5.97 Å². The predicted molar refractivity (Wildman–Crippen MR) is 109 cm³/mol. The number of furan rings is 1. The number of carbonyl (C=O) groups excluding carboxylic acids is 1. The number of esters is 1. The molecule has 0 radical (unpaired) electrons. The molecule has 2 aromatic carbocycles. The molecule has 2 heterocycles. The minimum atomic E-state index is -0.845. The Morgan fingerprint density at radius 2 is 1.75 bits per heavy atom. The second-order valence-electron chi connectivity index (χ2n) is 5.71. The van der Waals surface area contributed by atoms with Gasteiger partial charge < -0.3 is 13.6 Å². The summed E-state index contributed by atoms with van der Waals surface area (Å²) in [6.07, 6.45) is 0. The van der Waals surface area contributed by atoms with Gasteiger partial charge in [0.15, 0.2) is 16.0 Å². The quantitative estimate of drug-likeness (QED) is 0.320. The standard InChI is InChI=1S/C20H9BrCl2O5/c21-15-7-6-14(26-15)20(25)28-19-16(24)12-8-11(22)9-13(23)18(12)27-17(19)10-4-2-1-3-5-10/h1-9H. The van der Waals surface area contributed by atoms with Crippen LogP contribution in [0.2, 0.25) is 10.0 Å². The Kier molecular flexibility index (Phi) is 5.02. The van der Waals surface area contributed by atoms with Crippen LogP contribution in [0.4, 0.5) is 0 Å². The Balaban J connectivity index is 1.95. The van der Waals surface area contributed by atoms with Crippen molar-refractivity contribution < 1.29 is 18.4 Å². The Bertz CT molecular complexity index is 1260.